The summed E-state index contributed by atoms with van der Waals surface area (Å²) in [5, 5.41) is 0. The smallest absolute Gasteiger partial charge is 0.410 e. The Morgan fingerprint density at radius 3 is 2.41 bits per heavy atom. The predicted molar refractivity (Wildman–Crippen MR) is 89.1 cm³/mol. The maximum absolute atomic E-state index is 12.1. The molecule has 22 heavy (non-hydrogen) atoms. The van der Waals surface area contributed by atoms with E-state index in [1.165, 1.54) is 0 Å². The topological polar surface area (TPSA) is 49.9 Å². The SMILES string of the molecule is CC(C)(C)OC(=O)N1CCN(c2cccc(S)c2C=O)CC1. The van der Waals surface area contributed by atoms with Crippen molar-refractivity contribution in [1.82, 2.24) is 4.90 Å². The van der Waals surface area contributed by atoms with Crippen molar-refractivity contribution in [3.05, 3.63) is 23.8 Å². The van der Waals surface area contributed by atoms with E-state index in [0.717, 1.165) is 12.0 Å². The average molecular weight is 322 g/mol. The standard InChI is InChI=1S/C16H22N2O3S/c1-16(2,3)21-15(20)18-9-7-17(8-10-18)13-5-4-6-14(22)12(13)11-19/h4-6,11,22H,7-10H2,1-3H3. The number of piperazine rings is 1. The third-order valence-corrected chi connectivity index (χ3v) is 3.84. The molecule has 1 amide bonds. The summed E-state index contributed by atoms with van der Waals surface area (Å²) >= 11 is 4.32. The first kappa shape index (κ1) is 16.7. The average Bonchev–Trinajstić information content (AvgIpc) is 2.45. The minimum Gasteiger partial charge on any atom is -0.444 e. The Morgan fingerprint density at radius 2 is 1.86 bits per heavy atom. The maximum Gasteiger partial charge on any atom is 0.410 e. The van der Waals surface area contributed by atoms with Gasteiger partial charge in [-0.25, -0.2) is 4.79 Å². The van der Waals surface area contributed by atoms with Crippen LogP contribution in [0.2, 0.25) is 0 Å². The molecule has 2 rings (SSSR count). The van der Waals surface area contributed by atoms with Crippen LogP contribution < -0.4 is 4.90 Å². The lowest BCUT2D eigenvalue weighted by Gasteiger charge is -2.37. The van der Waals surface area contributed by atoms with E-state index in [1.807, 2.05) is 32.9 Å². The number of ether oxygens (including phenoxy) is 1. The summed E-state index contributed by atoms with van der Waals surface area (Å²) in [7, 11) is 0. The van der Waals surface area contributed by atoms with Crippen molar-refractivity contribution < 1.29 is 14.3 Å². The highest BCUT2D eigenvalue weighted by Crippen LogP contribution is 2.26. The lowest BCUT2D eigenvalue weighted by atomic mass is 10.1. The molecule has 0 atom stereocenters. The number of nitrogens with zero attached hydrogens (tertiary/aromatic N) is 2. The van der Waals surface area contributed by atoms with Gasteiger partial charge in [0.05, 0.1) is 5.56 Å². The largest absolute Gasteiger partial charge is 0.444 e. The summed E-state index contributed by atoms with van der Waals surface area (Å²) in [5.41, 5.74) is 0.974. The van der Waals surface area contributed by atoms with Crippen molar-refractivity contribution in [1.29, 1.82) is 0 Å². The molecule has 0 N–H and O–H groups in total. The van der Waals surface area contributed by atoms with Gasteiger partial charge in [0.2, 0.25) is 0 Å². The number of benzene rings is 1. The highest BCUT2D eigenvalue weighted by atomic mass is 32.1. The molecule has 0 bridgehead atoms. The van der Waals surface area contributed by atoms with Crippen LogP contribution in [-0.4, -0.2) is 49.1 Å². The first-order chi connectivity index (χ1) is 10.3. The summed E-state index contributed by atoms with van der Waals surface area (Å²) in [6.07, 6.45) is 0.545. The summed E-state index contributed by atoms with van der Waals surface area (Å²) in [5.74, 6) is 0. The van der Waals surface area contributed by atoms with Crippen LogP contribution in [0.1, 0.15) is 31.1 Å². The minimum absolute atomic E-state index is 0.286. The molecule has 0 aliphatic carbocycles. The molecule has 1 aromatic carbocycles. The zero-order valence-electron chi connectivity index (χ0n) is 13.2. The fourth-order valence-electron chi connectivity index (χ4n) is 2.39. The first-order valence-electron chi connectivity index (χ1n) is 7.32. The van der Waals surface area contributed by atoms with Gasteiger partial charge in [-0.2, -0.15) is 0 Å². The Bertz CT molecular complexity index is 561. The van der Waals surface area contributed by atoms with Gasteiger partial charge in [0.25, 0.3) is 0 Å². The molecule has 0 aromatic heterocycles. The van der Waals surface area contributed by atoms with Crippen LogP contribution in [0.3, 0.4) is 0 Å². The number of carbonyl (C=O) groups is 2. The van der Waals surface area contributed by atoms with Crippen LogP contribution in [0, 0.1) is 0 Å². The first-order valence-corrected chi connectivity index (χ1v) is 7.76. The van der Waals surface area contributed by atoms with Crippen LogP contribution >= 0.6 is 12.6 Å². The minimum atomic E-state index is -0.487. The van der Waals surface area contributed by atoms with Crippen LogP contribution in [0.5, 0.6) is 0 Å². The predicted octanol–water partition coefficient (Wildman–Crippen LogP) is 2.84. The van der Waals surface area contributed by atoms with Gasteiger partial charge in [0, 0.05) is 36.8 Å². The van der Waals surface area contributed by atoms with Gasteiger partial charge in [-0.15, -0.1) is 12.6 Å². The number of anilines is 1. The zero-order valence-corrected chi connectivity index (χ0v) is 14.1. The molecule has 1 aliphatic heterocycles. The van der Waals surface area contributed by atoms with Crippen molar-refractivity contribution in [2.45, 2.75) is 31.3 Å². The van der Waals surface area contributed by atoms with E-state index < -0.39 is 5.60 Å². The lowest BCUT2D eigenvalue weighted by Crippen LogP contribution is -2.50. The molecule has 1 heterocycles. The number of hydrogen-bond acceptors (Lipinski definition) is 5. The Labute approximate surface area is 136 Å². The van der Waals surface area contributed by atoms with Crippen LogP contribution in [0.15, 0.2) is 23.1 Å². The molecule has 1 fully saturated rings. The van der Waals surface area contributed by atoms with Gasteiger partial charge < -0.3 is 14.5 Å². The number of amides is 1. The molecule has 120 valence electrons. The lowest BCUT2D eigenvalue weighted by molar-refractivity contribution is 0.0240. The molecule has 0 unspecified atom stereocenters. The van der Waals surface area contributed by atoms with Gasteiger partial charge in [0.15, 0.2) is 6.29 Å². The fourth-order valence-corrected chi connectivity index (χ4v) is 2.65. The van der Waals surface area contributed by atoms with E-state index in [4.69, 9.17) is 4.74 Å². The Kier molecular flexibility index (Phi) is 5.01. The monoisotopic (exact) mass is 322 g/mol. The normalized spacial score (nSPS) is 15.6. The number of hydrogen-bond donors (Lipinski definition) is 1. The molecule has 5 nitrogen and oxygen atoms in total. The van der Waals surface area contributed by atoms with Gasteiger partial charge in [-0.3, -0.25) is 4.79 Å². The summed E-state index contributed by atoms with van der Waals surface area (Å²) < 4.78 is 5.38. The molecule has 0 spiro atoms. The second kappa shape index (κ2) is 6.60. The summed E-state index contributed by atoms with van der Waals surface area (Å²) in [6, 6.07) is 5.59. The zero-order chi connectivity index (χ0) is 16.3. The summed E-state index contributed by atoms with van der Waals surface area (Å²) in [4.78, 5) is 27.8. The number of carbonyl (C=O) groups excluding carboxylic acids is 2. The maximum atomic E-state index is 12.1. The van der Waals surface area contributed by atoms with Crippen molar-refractivity contribution in [3.63, 3.8) is 0 Å². The van der Waals surface area contributed by atoms with Crippen LogP contribution in [-0.2, 0) is 4.74 Å². The highest BCUT2D eigenvalue weighted by molar-refractivity contribution is 7.80. The Hall–Kier alpha value is -1.69. The number of rotatable bonds is 2. The number of aldehydes is 1. The molecule has 1 saturated heterocycles. The molecule has 1 aliphatic rings. The van der Waals surface area contributed by atoms with Crippen molar-refractivity contribution in [2.24, 2.45) is 0 Å². The third kappa shape index (κ3) is 3.94. The fraction of sp³-hybridized carbons (Fsp3) is 0.500. The van der Waals surface area contributed by atoms with Gasteiger partial charge >= 0.3 is 6.09 Å². The van der Waals surface area contributed by atoms with Crippen LogP contribution in [0.4, 0.5) is 10.5 Å². The number of thiol groups is 1. The van der Waals surface area contributed by atoms with E-state index >= 15 is 0 Å². The second-order valence-corrected chi connectivity index (χ2v) is 6.76. The van der Waals surface area contributed by atoms with E-state index in [1.54, 1.807) is 11.0 Å². The van der Waals surface area contributed by atoms with Crippen molar-refractivity contribution >= 4 is 30.7 Å². The van der Waals surface area contributed by atoms with Crippen molar-refractivity contribution in [3.8, 4) is 0 Å². The van der Waals surface area contributed by atoms with Gasteiger partial charge in [-0.1, -0.05) is 6.07 Å². The van der Waals surface area contributed by atoms with Crippen molar-refractivity contribution in [2.75, 3.05) is 31.1 Å². The van der Waals surface area contributed by atoms with Gasteiger partial charge in [0.1, 0.15) is 5.60 Å². The Balaban J connectivity index is 2.02. The van der Waals surface area contributed by atoms with E-state index in [0.29, 0.717) is 36.6 Å². The summed E-state index contributed by atoms with van der Waals surface area (Å²) in [6.45, 7) is 8.05. The highest BCUT2D eigenvalue weighted by Gasteiger charge is 2.26. The van der Waals surface area contributed by atoms with E-state index in [9.17, 15) is 9.59 Å². The molecule has 6 heteroatoms. The van der Waals surface area contributed by atoms with E-state index in [2.05, 4.69) is 17.5 Å². The Morgan fingerprint density at radius 1 is 1.23 bits per heavy atom. The molecular weight excluding hydrogens is 300 g/mol. The molecule has 0 radical (unpaired) electrons. The van der Waals surface area contributed by atoms with E-state index in [-0.39, 0.29) is 6.09 Å². The third-order valence-electron chi connectivity index (χ3n) is 3.45. The molecular formula is C16H22N2O3S. The van der Waals surface area contributed by atoms with Crippen LogP contribution in [0.25, 0.3) is 0 Å². The molecule has 0 saturated carbocycles. The molecule has 1 aromatic rings. The second-order valence-electron chi connectivity index (χ2n) is 6.28. The van der Waals surface area contributed by atoms with Gasteiger partial charge in [-0.05, 0) is 32.9 Å². The quantitative estimate of drug-likeness (QED) is 0.672.